The van der Waals surface area contributed by atoms with E-state index in [2.05, 4.69) is 129 Å². The molecule has 0 aliphatic heterocycles. The van der Waals surface area contributed by atoms with Crippen LogP contribution >= 0.6 is 7.82 Å². The lowest BCUT2D eigenvalue weighted by Crippen LogP contribution is -2.45. The molecular formula is C66H115N2O6P. The maximum atomic E-state index is 13.0. The quantitative estimate of drug-likeness (QED) is 0.0272. The maximum Gasteiger partial charge on any atom is 0.268 e. The molecule has 0 rings (SSSR count). The number of phosphoric acid groups is 1. The van der Waals surface area contributed by atoms with E-state index >= 15 is 0 Å². The summed E-state index contributed by atoms with van der Waals surface area (Å²) in [6, 6.07) is -0.898. The van der Waals surface area contributed by atoms with Crippen LogP contribution in [0.1, 0.15) is 239 Å². The van der Waals surface area contributed by atoms with Gasteiger partial charge in [-0.05, 0) is 89.9 Å². The van der Waals surface area contributed by atoms with Gasteiger partial charge in [-0.3, -0.25) is 9.36 Å². The number of aliphatic hydroxyl groups excluding tert-OH is 1. The minimum absolute atomic E-state index is 0.00757. The minimum atomic E-state index is -4.61. The second-order valence-electron chi connectivity index (χ2n) is 21.3. The summed E-state index contributed by atoms with van der Waals surface area (Å²) in [5, 5.41) is 13.9. The Kier molecular flexibility index (Phi) is 53.3. The van der Waals surface area contributed by atoms with Gasteiger partial charge in [0, 0.05) is 6.42 Å². The van der Waals surface area contributed by atoms with Gasteiger partial charge >= 0.3 is 0 Å². The number of hydrogen-bond donors (Lipinski definition) is 2. The lowest BCUT2D eigenvalue weighted by molar-refractivity contribution is -0.870. The van der Waals surface area contributed by atoms with E-state index in [9.17, 15) is 19.4 Å². The van der Waals surface area contributed by atoms with E-state index in [1.165, 1.54) is 109 Å². The Labute approximate surface area is 463 Å². The van der Waals surface area contributed by atoms with Crippen molar-refractivity contribution in [1.29, 1.82) is 0 Å². The van der Waals surface area contributed by atoms with Gasteiger partial charge in [0.05, 0.1) is 39.9 Å². The number of unbranched alkanes of at least 4 members (excludes halogenated alkanes) is 23. The standard InChI is InChI=1S/C66H115N2O6P/c1-6-8-10-12-14-16-18-20-22-24-25-26-27-28-29-30-31-32-33-34-35-36-37-38-39-40-41-42-43-44-46-48-50-52-54-56-58-60-66(70)67-64(63-74-75(71,72)73-62-61-68(3,4)5)65(69)59-57-55-53-51-49-47-45-23-21-19-17-15-13-11-9-7-2/h8,10,14,16,20,22,25-26,28-29,31-32,34-35,37-38,40-41,57,59,64-65,69H,6-7,9,11-13,15,17-19,21,23-24,27,30,33,36,39,42-56,58,60-63H2,1-5H3,(H-,67,70,71,72)/b10-8-,16-14-,22-20-,26-25-,29-28-,32-31-,35-34-,38-37-,41-40-,59-57+. The molecule has 0 aromatic rings. The summed E-state index contributed by atoms with van der Waals surface area (Å²) in [5.41, 5.74) is 0. The Bertz CT molecular complexity index is 1630. The van der Waals surface area contributed by atoms with Crippen molar-refractivity contribution in [3.8, 4) is 0 Å². The average Bonchev–Trinajstić information content (AvgIpc) is 3.37. The summed E-state index contributed by atoms with van der Waals surface area (Å²) in [6.45, 7) is 4.53. The number of phosphoric ester groups is 1. The minimum Gasteiger partial charge on any atom is -0.756 e. The van der Waals surface area contributed by atoms with Gasteiger partial charge in [0.2, 0.25) is 5.91 Å². The third-order valence-electron chi connectivity index (χ3n) is 12.9. The number of hydrogen-bond acceptors (Lipinski definition) is 6. The van der Waals surface area contributed by atoms with E-state index in [4.69, 9.17) is 9.05 Å². The number of amides is 1. The van der Waals surface area contributed by atoms with Gasteiger partial charge in [0.1, 0.15) is 13.2 Å². The monoisotopic (exact) mass is 1060 g/mol. The number of aliphatic hydroxyl groups is 1. The van der Waals surface area contributed by atoms with Crippen molar-refractivity contribution in [2.75, 3.05) is 40.9 Å². The van der Waals surface area contributed by atoms with Crippen molar-refractivity contribution in [3.05, 3.63) is 122 Å². The first-order valence-electron chi connectivity index (χ1n) is 30.4. The van der Waals surface area contributed by atoms with Crippen LogP contribution in [0, 0.1) is 0 Å². The molecule has 3 atom stereocenters. The van der Waals surface area contributed by atoms with Gasteiger partial charge < -0.3 is 28.8 Å². The van der Waals surface area contributed by atoms with E-state index in [1.54, 1.807) is 6.08 Å². The largest absolute Gasteiger partial charge is 0.756 e. The van der Waals surface area contributed by atoms with E-state index in [0.717, 1.165) is 109 Å². The molecule has 0 fully saturated rings. The van der Waals surface area contributed by atoms with Crippen molar-refractivity contribution in [2.45, 2.75) is 251 Å². The Balaban J connectivity index is 4.16. The van der Waals surface area contributed by atoms with Crippen molar-refractivity contribution < 1.29 is 32.9 Å². The molecule has 8 nitrogen and oxygen atoms in total. The van der Waals surface area contributed by atoms with Crippen molar-refractivity contribution in [1.82, 2.24) is 5.32 Å². The molecule has 0 aliphatic carbocycles. The summed E-state index contributed by atoms with van der Waals surface area (Å²) in [5.74, 6) is -0.208. The van der Waals surface area contributed by atoms with Crippen LogP contribution in [0.25, 0.3) is 0 Å². The molecule has 0 saturated heterocycles. The van der Waals surface area contributed by atoms with Crippen LogP contribution in [-0.4, -0.2) is 68.5 Å². The van der Waals surface area contributed by atoms with E-state index < -0.39 is 20.0 Å². The Hall–Kier alpha value is -3.10. The Morgan fingerprint density at radius 1 is 0.480 bits per heavy atom. The number of nitrogens with zero attached hydrogens (tertiary/aromatic N) is 1. The molecule has 1 amide bonds. The molecule has 0 spiro atoms. The molecule has 0 bridgehead atoms. The zero-order valence-corrected chi connectivity index (χ0v) is 49.8. The summed E-state index contributed by atoms with van der Waals surface area (Å²) in [4.78, 5) is 25.5. The predicted molar refractivity (Wildman–Crippen MR) is 325 cm³/mol. The summed E-state index contributed by atoms with van der Waals surface area (Å²) in [6.07, 6.45) is 82.7. The Morgan fingerprint density at radius 2 is 0.813 bits per heavy atom. The number of rotatable bonds is 54. The molecule has 2 N–H and O–H groups in total. The second-order valence-corrected chi connectivity index (χ2v) is 22.7. The topological polar surface area (TPSA) is 108 Å². The third kappa shape index (κ3) is 58.4. The number of likely N-dealkylation sites (N-methyl/N-ethyl adjacent to an activating group) is 1. The number of quaternary nitrogens is 1. The molecule has 0 heterocycles. The van der Waals surface area contributed by atoms with Crippen molar-refractivity contribution in [3.63, 3.8) is 0 Å². The third-order valence-corrected chi connectivity index (χ3v) is 13.9. The van der Waals surface area contributed by atoms with Gasteiger partial charge in [-0.15, -0.1) is 0 Å². The fraction of sp³-hybridized carbons (Fsp3) is 0.682. The van der Waals surface area contributed by atoms with Gasteiger partial charge in [-0.2, -0.15) is 0 Å². The average molecular weight is 1060 g/mol. The molecule has 0 aromatic carbocycles. The van der Waals surface area contributed by atoms with Gasteiger partial charge in [0.25, 0.3) is 7.82 Å². The molecule has 3 unspecified atom stereocenters. The fourth-order valence-electron chi connectivity index (χ4n) is 8.20. The number of nitrogens with one attached hydrogen (secondary N) is 1. The van der Waals surface area contributed by atoms with Crippen molar-refractivity contribution >= 4 is 13.7 Å². The molecule has 0 aromatic heterocycles. The first-order chi connectivity index (χ1) is 36.5. The van der Waals surface area contributed by atoms with Crippen LogP contribution in [-0.2, 0) is 18.4 Å². The van der Waals surface area contributed by atoms with E-state index in [1.807, 2.05) is 27.2 Å². The van der Waals surface area contributed by atoms with Crippen LogP contribution < -0.4 is 10.2 Å². The molecule has 9 heteroatoms. The SMILES string of the molecule is CC/C=C\C/C=C\C/C=C\C/C=C\C/C=C\C/C=C\C/C=C\C/C=C\C/C=C\CCCCCCCCCCCC(=O)NC(COP(=O)([O-])OCC[N+](C)(C)C)C(O)/C=C/CCCCCCCCCCCCCCCC. The molecule has 75 heavy (non-hydrogen) atoms. The molecule has 0 radical (unpaired) electrons. The summed E-state index contributed by atoms with van der Waals surface area (Å²) < 4.78 is 23.3. The lowest BCUT2D eigenvalue weighted by atomic mass is 10.0. The zero-order valence-electron chi connectivity index (χ0n) is 49.0. The molecule has 0 saturated carbocycles. The van der Waals surface area contributed by atoms with Crippen molar-refractivity contribution in [2.24, 2.45) is 0 Å². The van der Waals surface area contributed by atoms with Gasteiger partial charge in [0.15, 0.2) is 0 Å². The summed E-state index contributed by atoms with van der Waals surface area (Å²) >= 11 is 0. The molecule has 430 valence electrons. The van der Waals surface area contributed by atoms with E-state index in [0.29, 0.717) is 17.4 Å². The fourth-order valence-corrected chi connectivity index (χ4v) is 8.93. The molecular weight excluding hydrogens is 948 g/mol. The highest BCUT2D eigenvalue weighted by Crippen LogP contribution is 2.38. The number of carbonyl (C=O) groups excluding carboxylic acids is 1. The van der Waals surface area contributed by atoms with Crippen LogP contribution in [0.5, 0.6) is 0 Å². The highest BCUT2D eigenvalue weighted by molar-refractivity contribution is 7.45. The predicted octanol–water partition coefficient (Wildman–Crippen LogP) is 18.3. The first kappa shape index (κ1) is 71.9. The zero-order chi connectivity index (χ0) is 54.9. The Morgan fingerprint density at radius 3 is 1.19 bits per heavy atom. The first-order valence-corrected chi connectivity index (χ1v) is 31.9. The van der Waals surface area contributed by atoms with Crippen LogP contribution in [0.3, 0.4) is 0 Å². The van der Waals surface area contributed by atoms with E-state index in [-0.39, 0.29) is 19.1 Å². The number of allylic oxidation sites excluding steroid dienone is 19. The molecule has 0 aliphatic rings. The highest BCUT2D eigenvalue weighted by atomic mass is 31.2. The summed E-state index contributed by atoms with van der Waals surface area (Å²) in [7, 11) is 1.24. The maximum absolute atomic E-state index is 13.0. The van der Waals surface area contributed by atoms with Crippen LogP contribution in [0.4, 0.5) is 0 Å². The van der Waals surface area contributed by atoms with Crippen LogP contribution in [0.15, 0.2) is 122 Å². The second kappa shape index (κ2) is 55.6. The normalized spacial score (nSPS) is 14.7. The lowest BCUT2D eigenvalue weighted by Gasteiger charge is -2.29. The van der Waals surface area contributed by atoms with Gasteiger partial charge in [-0.1, -0.05) is 264 Å². The van der Waals surface area contributed by atoms with Gasteiger partial charge in [-0.25, -0.2) is 0 Å². The highest BCUT2D eigenvalue weighted by Gasteiger charge is 2.23. The number of carbonyl (C=O) groups is 1. The smallest absolute Gasteiger partial charge is 0.268 e. The van der Waals surface area contributed by atoms with Crippen LogP contribution in [0.2, 0.25) is 0 Å².